The van der Waals surface area contributed by atoms with Crippen molar-refractivity contribution < 1.29 is 15.3 Å². The molecule has 72 valence electrons. The van der Waals surface area contributed by atoms with Crippen molar-refractivity contribution in [2.24, 2.45) is 11.5 Å². The van der Waals surface area contributed by atoms with E-state index >= 15 is 0 Å². The molecule has 1 aromatic rings. The van der Waals surface area contributed by atoms with Crippen molar-refractivity contribution >= 4 is 0 Å². The first-order chi connectivity index (χ1) is 6.06. The lowest BCUT2D eigenvalue weighted by Gasteiger charge is -2.11. The Morgan fingerprint density at radius 2 is 1.62 bits per heavy atom. The molecule has 1 rings (SSSR count). The molecule has 0 heterocycles. The molecule has 0 fully saturated rings. The zero-order chi connectivity index (χ0) is 10.0. The molecule has 0 saturated carbocycles. The molecule has 0 unspecified atom stereocenters. The lowest BCUT2D eigenvalue weighted by Crippen LogP contribution is -2.20. The lowest BCUT2D eigenvalue weighted by molar-refractivity contribution is 0.393. The second kappa shape index (κ2) is 3.51. The third-order valence-electron chi connectivity index (χ3n) is 1.78. The summed E-state index contributed by atoms with van der Waals surface area (Å²) in [6.45, 7) is 0.151. The summed E-state index contributed by atoms with van der Waals surface area (Å²) in [5, 5.41) is 27.4. The molecule has 0 aliphatic carbocycles. The maximum Gasteiger partial charge on any atom is 0.161 e. The Hall–Kier alpha value is -1.46. The number of hydrogen-bond donors (Lipinski definition) is 5. The Bertz CT molecular complexity index is 315. The summed E-state index contributed by atoms with van der Waals surface area (Å²) in [7, 11) is 0. The molecule has 0 spiro atoms. The SMILES string of the molecule is NC[C@H](N)c1cc(O)c(O)cc1O. The van der Waals surface area contributed by atoms with Gasteiger partial charge in [-0.2, -0.15) is 0 Å². The van der Waals surface area contributed by atoms with Gasteiger partial charge in [-0.15, -0.1) is 0 Å². The van der Waals surface area contributed by atoms with E-state index in [2.05, 4.69) is 0 Å². The van der Waals surface area contributed by atoms with Crippen molar-refractivity contribution in [1.82, 2.24) is 0 Å². The Balaban J connectivity index is 3.15. The van der Waals surface area contributed by atoms with E-state index in [-0.39, 0.29) is 23.8 Å². The minimum Gasteiger partial charge on any atom is -0.507 e. The van der Waals surface area contributed by atoms with Gasteiger partial charge in [-0.25, -0.2) is 0 Å². The summed E-state index contributed by atoms with van der Waals surface area (Å²) in [6.07, 6.45) is 0. The molecular weight excluding hydrogens is 172 g/mol. The number of phenolic OH excluding ortho intramolecular Hbond substituents is 3. The van der Waals surface area contributed by atoms with Crippen LogP contribution in [-0.2, 0) is 0 Å². The molecule has 1 aromatic carbocycles. The first-order valence-corrected chi connectivity index (χ1v) is 3.76. The van der Waals surface area contributed by atoms with Crippen LogP contribution < -0.4 is 11.5 Å². The Labute approximate surface area is 75.2 Å². The Kier molecular flexibility index (Phi) is 2.60. The van der Waals surface area contributed by atoms with Crippen LogP contribution in [0.4, 0.5) is 0 Å². The molecule has 13 heavy (non-hydrogen) atoms. The van der Waals surface area contributed by atoms with Gasteiger partial charge < -0.3 is 26.8 Å². The molecule has 1 atom stereocenters. The van der Waals surface area contributed by atoms with E-state index in [9.17, 15) is 5.11 Å². The number of phenols is 3. The van der Waals surface area contributed by atoms with E-state index < -0.39 is 6.04 Å². The minimum absolute atomic E-state index is 0.151. The monoisotopic (exact) mass is 184 g/mol. The van der Waals surface area contributed by atoms with E-state index in [1.54, 1.807) is 0 Å². The Morgan fingerprint density at radius 3 is 2.15 bits per heavy atom. The van der Waals surface area contributed by atoms with Gasteiger partial charge in [0.1, 0.15) is 5.75 Å². The van der Waals surface area contributed by atoms with Gasteiger partial charge in [0.15, 0.2) is 11.5 Å². The smallest absolute Gasteiger partial charge is 0.161 e. The molecule has 0 aromatic heterocycles. The van der Waals surface area contributed by atoms with E-state index in [1.807, 2.05) is 0 Å². The van der Waals surface area contributed by atoms with Crippen molar-refractivity contribution in [2.75, 3.05) is 6.54 Å². The second-order valence-electron chi connectivity index (χ2n) is 2.74. The average Bonchev–Trinajstić information content (AvgIpc) is 2.10. The van der Waals surface area contributed by atoms with Crippen molar-refractivity contribution in [2.45, 2.75) is 6.04 Å². The van der Waals surface area contributed by atoms with Crippen LogP contribution in [0.25, 0.3) is 0 Å². The normalized spacial score (nSPS) is 12.8. The summed E-state index contributed by atoms with van der Waals surface area (Å²) in [6, 6.07) is 1.68. The molecular formula is C8H12N2O3. The number of hydrogen-bond acceptors (Lipinski definition) is 5. The van der Waals surface area contributed by atoms with E-state index in [0.29, 0.717) is 5.56 Å². The largest absolute Gasteiger partial charge is 0.507 e. The van der Waals surface area contributed by atoms with Crippen molar-refractivity contribution in [3.63, 3.8) is 0 Å². The van der Waals surface area contributed by atoms with Crippen LogP contribution in [0, 0.1) is 0 Å². The molecule has 7 N–H and O–H groups in total. The van der Waals surface area contributed by atoms with Crippen LogP contribution in [0.2, 0.25) is 0 Å². The zero-order valence-electron chi connectivity index (χ0n) is 6.94. The van der Waals surface area contributed by atoms with Crippen LogP contribution in [0.5, 0.6) is 17.2 Å². The fraction of sp³-hybridized carbons (Fsp3) is 0.250. The summed E-state index contributed by atoms with van der Waals surface area (Å²) in [5.41, 5.74) is 11.1. The molecule has 0 aliphatic rings. The van der Waals surface area contributed by atoms with Gasteiger partial charge in [-0.3, -0.25) is 0 Å². The fourth-order valence-corrected chi connectivity index (χ4v) is 1.01. The quantitative estimate of drug-likeness (QED) is 0.321. The van der Waals surface area contributed by atoms with Gasteiger partial charge in [0, 0.05) is 24.2 Å². The summed E-state index contributed by atoms with van der Waals surface area (Å²) in [4.78, 5) is 0. The molecule has 0 radical (unpaired) electrons. The summed E-state index contributed by atoms with van der Waals surface area (Å²) < 4.78 is 0. The van der Waals surface area contributed by atoms with Crippen LogP contribution >= 0.6 is 0 Å². The first-order valence-electron chi connectivity index (χ1n) is 3.76. The maximum atomic E-state index is 9.31. The predicted molar refractivity (Wildman–Crippen MR) is 47.4 cm³/mol. The van der Waals surface area contributed by atoms with Crippen LogP contribution in [0.15, 0.2) is 12.1 Å². The van der Waals surface area contributed by atoms with Crippen molar-refractivity contribution in [3.05, 3.63) is 17.7 Å². The van der Waals surface area contributed by atoms with Crippen LogP contribution in [0.1, 0.15) is 11.6 Å². The van der Waals surface area contributed by atoms with Crippen LogP contribution in [-0.4, -0.2) is 21.9 Å². The number of benzene rings is 1. The highest BCUT2D eigenvalue weighted by Gasteiger charge is 2.12. The third kappa shape index (κ3) is 1.82. The van der Waals surface area contributed by atoms with Gasteiger partial charge in [0.25, 0.3) is 0 Å². The zero-order valence-corrected chi connectivity index (χ0v) is 6.94. The predicted octanol–water partition coefficient (Wildman–Crippen LogP) is -0.238. The fourth-order valence-electron chi connectivity index (χ4n) is 1.01. The Morgan fingerprint density at radius 1 is 1.08 bits per heavy atom. The number of rotatable bonds is 2. The van der Waals surface area contributed by atoms with Gasteiger partial charge >= 0.3 is 0 Å². The van der Waals surface area contributed by atoms with Crippen molar-refractivity contribution in [3.8, 4) is 17.2 Å². The van der Waals surface area contributed by atoms with Gasteiger partial charge in [0.05, 0.1) is 0 Å². The lowest BCUT2D eigenvalue weighted by atomic mass is 10.1. The molecule has 0 saturated heterocycles. The van der Waals surface area contributed by atoms with Gasteiger partial charge in [-0.1, -0.05) is 0 Å². The number of aromatic hydroxyl groups is 3. The first kappa shape index (κ1) is 9.63. The van der Waals surface area contributed by atoms with Crippen molar-refractivity contribution in [1.29, 1.82) is 0 Å². The highest BCUT2D eigenvalue weighted by atomic mass is 16.3. The van der Waals surface area contributed by atoms with E-state index in [0.717, 1.165) is 6.07 Å². The third-order valence-corrected chi connectivity index (χ3v) is 1.78. The minimum atomic E-state index is -0.550. The molecule has 0 aliphatic heterocycles. The highest BCUT2D eigenvalue weighted by molar-refractivity contribution is 5.49. The van der Waals surface area contributed by atoms with E-state index in [1.165, 1.54) is 6.07 Å². The molecule has 5 nitrogen and oxygen atoms in total. The molecule has 5 heteroatoms. The van der Waals surface area contributed by atoms with E-state index in [4.69, 9.17) is 21.7 Å². The number of nitrogens with two attached hydrogens (primary N) is 2. The maximum absolute atomic E-state index is 9.31. The highest BCUT2D eigenvalue weighted by Crippen LogP contribution is 2.34. The molecule has 0 amide bonds. The summed E-state index contributed by atoms with van der Waals surface area (Å²) >= 11 is 0. The summed E-state index contributed by atoms with van der Waals surface area (Å²) in [5.74, 6) is -0.879. The molecule has 0 bridgehead atoms. The van der Waals surface area contributed by atoms with Gasteiger partial charge in [0.2, 0.25) is 0 Å². The van der Waals surface area contributed by atoms with Gasteiger partial charge in [-0.05, 0) is 6.07 Å². The second-order valence-corrected chi connectivity index (χ2v) is 2.74. The van der Waals surface area contributed by atoms with Crippen LogP contribution in [0.3, 0.4) is 0 Å². The average molecular weight is 184 g/mol. The standard InChI is InChI=1S/C8H12N2O3/c9-3-5(10)4-1-7(12)8(13)2-6(4)11/h1-2,5,11-13H,3,9-10H2/t5-/m0/s1. The topological polar surface area (TPSA) is 113 Å².